The van der Waals surface area contributed by atoms with Gasteiger partial charge in [0.05, 0.1) is 19.8 Å². The van der Waals surface area contributed by atoms with Crippen LogP contribution in [0.3, 0.4) is 0 Å². The van der Waals surface area contributed by atoms with E-state index < -0.39 is 11.9 Å². The number of hydrogen-bond acceptors (Lipinski definition) is 5. The lowest BCUT2D eigenvalue weighted by Crippen LogP contribution is -2.28. The van der Waals surface area contributed by atoms with E-state index in [4.69, 9.17) is 22.1 Å². The van der Waals surface area contributed by atoms with E-state index in [1.807, 2.05) is 81.4 Å². The van der Waals surface area contributed by atoms with Crippen LogP contribution in [-0.2, 0) is 19.1 Å². The molecule has 0 amide bonds. The first-order valence-electron chi connectivity index (χ1n) is 9.62. The first-order valence-corrected chi connectivity index (χ1v) is 10.1. The van der Waals surface area contributed by atoms with E-state index in [1.165, 1.54) is 20.3 Å². The predicted octanol–water partition coefficient (Wildman–Crippen LogP) is 5.11. The molecule has 2 aromatic carbocycles. The summed E-state index contributed by atoms with van der Waals surface area (Å²) in [5, 5.41) is -0.386. The highest BCUT2D eigenvalue weighted by Crippen LogP contribution is 2.41. The number of rotatable bonds is 6. The standard InChI is InChI=1S/C25H28O4S/c1-25(2,3)23(30)22(19(24(27)29-5)16-20(26)28-4)21(17-12-8-6-9-13-17)18-14-10-7-11-15-18/h6-16,23,30H,1-5H3. The summed E-state index contributed by atoms with van der Waals surface area (Å²) < 4.78 is 9.85. The summed E-state index contributed by atoms with van der Waals surface area (Å²) in [5.74, 6) is -1.26. The Labute approximate surface area is 184 Å². The first kappa shape index (κ1) is 23.5. The van der Waals surface area contributed by atoms with Crippen molar-refractivity contribution >= 4 is 30.1 Å². The lowest BCUT2D eigenvalue weighted by Gasteiger charge is -2.32. The summed E-state index contributed by atoms with van der Waals surface area (Å²) in [5.41, 5.74) is 3.04. The Kier molecular flexibility index (Phi) is 8.07. The zero-order chi connectivity index (χ0) is 22.3. The largest absolute Gasteiger partial charge is 0.466 e. The third-order valence-electron chi connectivity index (χ3n) is 4.65. The van der Waals surface area contributed by atoms with Crippen LogP contribution in [0.2, 0.25) is 0 Å². The van der Waals surface area contributed by atoms with E-state index in [2.05, 4.69) is 0 Å². The molecule has 4 nitrogen and oxygen atoms in total. The van der Waals surface area contributed by atoms with E-state index in [0.29, 0.717) is 5.57 Å². The van der Waals surface area contributed by atoms with Crippen molar-refractivity contribution in [1.29, 1.82) is 0 Å². The SMILES string of the molecule is COC(=O)C=C(C(=O)OC)C(=C(c1ccccc1)c1ccccc1)C(S)C(C)(C)C. The molecule has 1 atom stereocenters. The second kappa shape index (κ2) is 10.3. The number of hydrogen-bond donors (Lipinski definition) is 1. The second-order valence-electron chi connectivity index (χ2n) is 7.86. The molecule has 0 spiro atoms. The van der Waals surface area contributed by atoms with E-state index >= 15 is 0 Å². The van der Waals surface area contributed by atoms with Crippen molar-refractivity contribution in [2.45, 2.75) is 26.0 Å². The first-order chi connectivity index (χ1) is 14.2. The summed E-state index contributed by atoms with van der Waals surface area (Å²) in [4.78, 5) is 25.0. The molecule has 5 heteroatoms. The van der Waals surface area contributed by atoms with Gasteiger partial charge < -0.3 is 9.47 Å². The molecule has 0 fully saturated rings. The van der Waals surface area contributed by atoms with E-state index in [9.17, 15) is 9.59 Å². The molecule has 0 N–H and O–H groups in total. The molecule has 0 aliphatic rings. The molecule has 2 aromatic rings. The van der Waals surface area contributed by atoms with Gasteiger partial charge in [-0.2, -0.15) is 12.6 Å². The highest BCUT2D eigenvalue weighted by molar-refractivity contribution is 7.81. The average Bonchev–Trinajstić information content (AvgIpc) is 2.75. The monoisotopic (exact) mass is 424 g/mol. The highest BCUT2D eigenvalue weighted by atomic mass is 32.1. The van der Waals surface area contributed by atoms with Gasteiger partial charge in [0.15, 0.2) is 0 Å². The van der Waals surface area contributed by atoms with Crippen LogP contribution in [-0.4, -0.2) is 31.4 Å². The van der Waals surface area contributed by atoms with Crippen LogP contribution in [0.1, 0.15) is 31.9 Å². The molecule has 0 saturated heterocycles. The molecule has 0 aromatic heterocycles. The molecular weight excluding hydrogens is 396 g/mol. The molecule has 30 heavy (non-hydrogen) atoms. The normalized spacial score (nSPS) is 12.7. The Balaban J connectivity index is 3.01. The highest BCUT2D eigenvalue weighted by Gasteiger charge is 2.33. The lowest BCUT2D eigenvalue weighted by molar-refractivity contribution is -0.138. The molecule has 0 radical (unpaired) electrons. The Morgan fingerprint density at radius 1 is 0.867 bits per heavy atom. The van der Waals surface area contributed by atoms with Gasteiger partial charge >= 0.3 is 11.9 Å². The molecule has 0 heterocycles. The van der Waals surface area contributed by atoms with Crippen molar-refractivity contribution in [3.8, 4) is 0 Å². The van der Waals surface area contributed by atoms with Gasteiger partial charge in [-0.3, -0.25) is 0 Å². The Bertz CT molecular complexity index is 897. The number of methoxy groups -OCH3 is 2. The summed E-state index contributed by atoms with van der Waals surface area (Å²) in [6, 6.07) is 19.5. The summed E-state index contributed by atoms with van der Waals surface area (Å²) in [6.07, 6.45) is 1.18. The predicted molar refractivity (Wildman–Crippen MR) is 123 cm³/mol. The van der Waals surface area contributed by atoms with Crippen molar-refractivity contribution in [2.75, 3.05) is 14.2 Å². The number of ether oxygens (including phenoxy) is 2. The fourth-order valence-electron chi connectivity index (χ4n) is 3.07. The molecule has 0 aliphatic heterocycles. The third-order valence-corrected chi connectivity index (χ3v) is 5.68. The zero-order valence-electron chi connectivity index (χ0n) is 18.0. The van der Waals surface area contributed by atoms with Gasteiger partial charge in [-0.05, 0) is 27.7 Å². The number of thiol groups is 1. The summed E-state index contributed by atoms with van der Waals surface area (Å²) in [7, 11) is 2.56. The van der Waals surface area contributed by atoms with Crippen LogP contribution in [0, 0.1) is 5.41 Å². The molecule has 0 bridgehead atoms. The third kappa shape index (κ3) is 5.63. The maximum atomic E-state index is 12.8. The van der Waals surface area contributed by atoms with Crippen LogP contribution in [0.15, 0.2) is 77.9 Å². The maximum absolute atomic E-state index is 12.8. The van der Waals surface area contributed by atoms with Crippen LogP contribution in [0.4, 0.5) is 0 Å². The van der Waals surface area contributed by atoms with Crippen LogP contribution in [0.25, 0.3) is 5.57 Å². The minimum atomic E-state index is -0.636. The minimum Gasteiger partial charge on any atom is -0.466 e. The summed E-state index contributed by atoms with van der Waals surface area (Å²) in [6.45, 7) is 6.10. The van der Waals surface area contributed by atoms with Crippen molar-refractivity contribution in [1.82, 2.24) is 0 Å². The van der Waals surface area contributed by atoms with Crippen LogP contribution >= 0.6 is 12.6 Å². The smallest absolute Gasteiger partial charge is 0.338 e. The Morgan fingerprint density at radius 2 is 1.33 bits per heavy atom. The van der Waals surface area contributed by atoms with Gasteiger partial charge in [-0.25, -0.2) is 9.59 Å². The maximum Gasteiger partial charge on any atom is 0.338 e. The molecule has 158 valence electrons. The Morgan fingerprint density at radius 3 is 1.70 bits per heavy atom. The average molecular weight is 425 g/mol. The summed E-state index contributed by atoms with van der Waals surface area (Å²) >= 11 is 4.91. The molecule has 2 rings (SSSR count). The molecular formula is C25H28O4S. The molecule has 1 unspecified atom stereocenters. The minimum absolute atomic E-state index is 0.127. The van der Waals surface area contributed by atoms with Crippen LogP contribution < -0.4 is 0 Å². The van der Waals surface area contributed by atoms with Gasteiger partial charge in [0.25, 0.3) is 0 Å². The van der Waals surface area contributed by atoms with E-state index in [-0.39, 0.29) is 16.2 Å². The van der Waals surface area contributed by atoms with Crippen molar-refractivity contribution in [3.05, 3.63) is 89.0 Å². The van der Waals surface area contributed by atoms with Crippen LogP contribution in [0.5, 0.6) is 0 Å². The fraction of sp³-hybridized carbons (Fsp3) is 0.280. The molecule has 0 aliphatic carbocycles. The van der Waals surface area contributed by atoms with Crippen molar-refractivity contribution in [2.24, 2.45) is 5.41 Å². The Hall–Kier alpha value is -2.79. The van der Waals surface area contributed by atoms with Gasteiger partial charge in [0.1, 0.15) is 0 Å². The number of benzene rings is 2. The van der Waals surface area contributed by atoms with Gasteiger partial charge in [0, 0.05) is 11.3 Å². The van der Waals surface area contributed by atoms with Gasteiger partial charge in [-0.1, -0.05) is 81.4 Å². The van der Waals surface area contributed by atoms with Gasteiger partial charge in [-0.15, -0.1) is 0 Å². The van der Waals surface area contributed by atoms with Gasteiger partial charge in [0.2, 0.25) is 0 Å². The van der Waals surface area contributed by atoms with E-state index in [1.54, 1.807) is 0 Å². The topological polar surface area (TPSA) is 52.6 Å². The zero-order valence-corrected chi connectivity index (χ0v) is 18.9. The van der Waals surface area contributed by atoms with E-state index in [0.717, 1.165) is 16.7 Å². The quantitative estimate of drug-likeness (QED) is 0.303. The lowest BCUT2D eigenvalue weighted by atomic mass is 9.79. The molecule has 0 saturated carbocycles. The number of carbonyl (C=O) groups is 2. The second-order valence-corrected chi connectivity index (χ2v) is 8.38. The van der Waals surface area contributed by atoms with Crippen molar-refractivity contribution < 1.29 is 19.1 Å². The van der Waals surface area contributed by atoms with Crippen molar-refractivity contribution in [3.63, 3.8) is 0 Å². The fourth-order valence-corrected chi connectivity index (χ4v) is 3.34. The number of carbonyl (C=O) groups excluding carboxylic acids is 2. The number of esters is 2.